The summed E-state index contributed by atoms with van der Waals surface area (Å²) in [6.07, 6.45) is 12.3. The van der Waals surface area contributed by atoms with Crippen molar-refractivity contribution in [2.45, 2.75) is 6.04 Å². The normalized spacial score (nSPS) is 17.2. The van der Waals surface area contributed by atoms with Crippen molar-refractivity contribution in [2.75, 3.05) is 0 Å². The Hall–Kier alpha value is -5.22. The van der Waals surface area contributed by atoms with E-state index in [2.05, 4.69) is 114 Å². The van der Waals surface area contributed by atoms with Crippen LogP contribution in [0, 0.1) is 5.92 Å². The topological polar surface area (TPSA) is 51.0 Å². The number of fused-ring (bicyclic) bond motifs is 6. The van der Waals surface area contributed by atoms with E-state index in [9.17, 15) is 0 Å². The number of nitrogens with zero attached hydrogens (tertiary/aromatic N) is 4. The molecule has 0 saturated heterocycles. The fourth-order valence-corrected chi connectivity index (χ4v) is 5.74. The molecule has 4 heteroatoms. The molecule has 3 aromatic heterocycles. The summed E-state index contributed by atoms with van der Waals surface area (Å²) < 4.78 is 0. The summed E-state index contributed by atoms with van der Waals surface area (Å²) in [7, 11) is 0. The zero-order valence-electron chi connectivity index (χ0n) is 21.6. The number of hydrogen-bond acceptors (Lipinski definition) is 4. The average molecular weight is 513 g/mol. The van der Waals surface area contributed by atoms with Crippen molar-refractivity contribution in [3.05, 3.63) is 133 Å². The van der Waals surface area contributed by atoms with Crippen LogP contribution in [0.3, 0.4) is 0 Å². The molecule has 2 unspecified atom stereocenters. The first-order chi connectivity index (χ1) is 19.8. The van der Waals surface area contributed by atoms with Crippen LogP contribution < -0.4 is 0 Å². The molecule has 0 fully saturated rings. The molecular formula is C36H24N4. The third kappa shape index (κ3) is 3.85. The number of allylic oxidation sites excluding steroid dienone is 1. The van der Waals surface area contributed by atoms with Gasteiger partial charge >= 0.3 is 0 Å². The largest absolute Gasteiger partial charge is 0.282 e. The van der Waals surface area contributed by atoms with Gasteiger partial charge in [0, 0.05) is 40.2 Å². The summed E-state index contributed by atoms with van der Waals surface area (Å²) in [6, 6.07) is 34.0. The highest BCUT2D eigenvalue weighted by atomic mass is 14.9. The quantitative estimate of drug-likeness (QED) is 0.223. The van der Waals surface area contributed by atoms with Crippen LogP contribution in [0.5, 0.6) is 0 Å². The Bertz CT molecular complexity index is 2000. The Balaban J connectivity index is 1.07. The average Bonchev–Trinajstić information content (AvgIpc) is 3.04. The second kappa shape index (κ2) is 9.21. The number of aromatic nitrogens is 3. The molecule has 0 radical (unpaired) electrons. The first-order valence-electron chi connectivity index (χ1n) is 13.6. The molecule has 188 valence electrons. The van der Waals surface area contributed by atoms with Crippen LogP contribution in [0.2, 0.25) is 0 Å². The maximum absolute atomic E-state index is 5.05. The lowest BCUT2D eigenvalue weighted by Crippen LogP contribution is -2.16. The van der Waals surface area contributed by atoms with Gasteiger partial charge in [-0.05, 0) is 41.0 Å². The van der Waals surface area contributed by atoms with Gasteiger partial charge in [-0.25, -0.2) is 9.97 Å². The molecule has 0 saturated carbocycles. The van der Waals surface area contributed by atoms with Crippen molar-refractivity contribution >= 4 is 34.1 Å². The van der Waals surface area contributed by atoms with Crippen LogP contribution in [0.15, 0.2) is 126 Å². The van der Waals surface area contributed by atoms with Crippen molar-refractivity contribution in [3.63, 3.8) is 0 Å². The smallest absolute Gasteiger partial charge is 0.102 e. The lowest BCUT2D eigenvalue weighted by Gasteiger charge is -2.25. The van der Waals surface area contributed by atoms with Gasteiger partial charge in [0.15, 0.2) is 0 Å². The predicted octanol–water partition coefficient (Wildman–Crippen LogP) is 8.50. The van der Waals surface area contributed by atoms with Crippen LogP contribution in [-0.2, 0) is 0 Å². The fraction of sp³-hybridized carbons (Fsp3) is 0.0556. The summed E-state index contributed by atoms with van der Waals surface area (Å²) in [5.74, 6) is 0.284. The highest BCUT2D eigenvalue weighted by Gasteiger charge is 2.26. The molecule has 0 amide bonds. The molecule has 8 rings (SSSR count). The number of dihydropyridines is 1. The van der Waals surface area contributed by atoms with Gasteiger partial charge in [0.2, 0.25) is 0 Å². The third-order valence-corrected chi connectivity index (χ3v) is 7.89. The van der Waals surface area contributed by atoms with Crippen molar-refractivity contribution in [1.82, 2.24) is 15.0 Å². The Morgan fingerprint density at radius 3 is 1.98 bits per heavy atom. The fourth-order valence-electron chi connectivity index (χ4n) is 5.74. The van der Waals surface area contributed by atoms with Gasteiger partial charge in [-0.1, -0.05) is 97.1 Å². The molecule has 1 aliphatic heterocycles. The Kier molecular flexibility index (Phi) is 5.23. The van der Waals surface area contributed by atoms with Crippen LogP contribution in [0.25, 0.3) is 61.5 Å². The Morgan fingerprint density at radius 2 is 1.20 bits per heavy atom. The summed E-state index contributed by atoms with van der Waals surface area (Å²) >= 11 is 0. The lowest BCUT2D eigenvalue weighted by atomic mass is 9.87. The Morgan fingerprint density at radius 1 is 0.550 bits per heavy atom. The second-order valence-corrected chi connectivity index (χ2v) is 10.3. The molecule has 0 N–H and O–H groups in total. The standard InChI is InChI=1S/C36H24N4/c1-3-27-13-15-29-17-19-31(39-35(29)33(27)37-21-1)25-9-5-23(6-10-25)24-7-11-26(12-8-24)32-20-18-30-16-14-28-4-2-22-38-34(28)36(30)40-32/h1-22,27,33H. The second-order valence-electron chi connectivity index (χ2n) is 10.3. The molecule has 6 aromatic rings. The predicted molar refractivity (Wildman–Crippen MR) is 164 cm³/mol. The summed E-state index contributed by atoms with van der Waals surface area (Å²) in [4.78, 5) is 19.3. The Labute approximate surface area is 232 Å². The molecular weight excluding hydrogens is 488 g/mol. The maximum atomic E-state index is 5.05. The number of aliphatic imine (C=N–C) groups is 1. The monoisotopic (exact) mass is 512 g/mol. The van der Waals surface area contributed by atoms with Gasteiger partial charge in [0.05, 0.1) is 28.1 Å². The lowest BCUT2D eigenvalue weighted by molar-refractivity contribution is 0.594. The number of pyridine rings is 3. The van der Waals surface area contributed by atoms with E-state index in [1.165, 1.54) is 5.56 Å². The zero-order valence-corrected chi connectivity index (χ0v) is 21.6. The van der Waals surface area contributed by atoms with Gasteiger partial charge in [-0.2, -0.15) is 0 Å². The summed E-state index contributed by atoms with van der Waals surface area (Å²) in [5, 5.41) is 2.20. The zero-order chi connectivity index (χ0) is 26.5. The molecule has 3 aromatic carbocycles. The van der Waals surface area contributed by atoms with Gasteiger partial charge in [0.25, 0.3) is 0 Å². The molecule has 2 atom stereocenters. The van der Waals surface area contributed by atoms with Gasteiger partial charge in [0.1, 0.15) is 6.04 Å². The summed E-state index contributed by atoms with van der Waals surface area (Å²) in [5.41, 5.74) is 10.5. The highest BCUT2D eigenvalue weighted by Crippen LogP contribution is 2.37. The maximum Gasteiger partial charge on any atom is 0.102 e. The molecule has 4 heterocycles. The highest BCUT2D eigenvalue weighted by molar-refractivity contribution is 6.03. The van der Waals surface area contributed by atoms with E-state index in [0.29, 0.717) is 0 Å². The van der Waals surface area contributed by atoms with E-state index in [0.717, 1.165) is 61.1 Å². The van der Waals surface area contributed by atoms with E-state index in [1.807, 2.05) is 24.6 Å². The van der Waals surface area contributed by atoms with E-state index in [4.69, 9.17) is 15.0 Å². The number of hydrogen-bond donors (Lipinski definition) is 0. The van der Waals surface area contributed by atoms with E-state index in [1.54, 1.807) is 0 Å². The molecule has 0 bridgehead atoms. The van der Waals surface area contributed by atoms with Crippen molar-refractivity contribution in [2.24, 2.45) is 10.9 Å². The molecule has 40 heavy (non-hydrogen) atoms. The third-order valence-electron chi connectivity index (χ3n) is 7.89. The van der Waals surface area contributed by atoms with Gasteiger partial charge in [-0.3, -0.25) is 9.98 Å². The molecule has 0 spiro atoms. The minimum atomic E-state index is 0.0646. The minimum absolute atomic E-state index is 0.0646. The number of rotatable bonds is 3. The van der Waals surface area contributed by atoms with Gasteiger partial charge in [-0.15, -0.1) is 0 Å². The van der Waals surface area contributed by atoms with Crippen LogP contribution in [0.4, 0.5) is 0 Å². The first kappa shape index (κ1) is 22.7. The van der Waals surface area contributed by atoms with E-state index in [-0.39, 0.29) is 12.0 Å². The van der Waals surface area contributed by atoms with E-state index < -0.39 is 0 Å². The summed E-state index contributed by atoms with van der Waals surface area (Å²) in [6.45, 7) is 0. The van der Waals surface area contributed by atoms with Crippen LogP contribution >= 0.6 is 0 Å². The SMILES string of the molecule is C1=CC2C=Cc3ccc(-c4ccc(-c5ccc(-c6ccc7ccc8cccnc8c7n6)cc5)cc4)nc3C2N=C1. The van der Waals surface area contributed by atoms with Crippen molar-refractivity contribution < 1.29 is 0 Å². The van der Waals surface area contributed by atoms with Crippen molar-refractivity contribution in [1.29, 1.82) is 0 Å². The van der Waals surface area contributed by atoms with Gasteiger partial charge < -0.3 is 0 Å². The van der Waals surface area contributed by atoms with Crippen LogP contribution in [-0.4, -0.2) is 21.2 Å². The first-order valence-corrected chi connectivity index (χ1v) is 13.6. The molecule has 2 aliphatic rings. The van der Waals surface area contributed by atoms with E-state index >= 15 is 0 Å². The number of benzene rings is 3. The minimum Gasteiger partial charge on any atom is -0.282 e. The van der Waals surface area contributed by atoms with Crippen LogP contribution in [0.1, 0.15) is 17.3 Å². The van der Waals surface area contributed by atoms with Crippen molar-refractivity contribution in [3.8, 4) is 33.6 Å². The molecule has 1 aliphatic carbocycles. The molecule has 4 nitrogen and oxygen atoms in total.